The van der Waals surface area contributed by atoms with E-state index in [1.54, 1.807) is 37.4 Å². The first-order valence-electron chi connectivity index (χ1n) is 8.33. The average molecular weight is 378 g/mol. The van der Waals surface area contributed by atoms with E-state index in [-0.39, 0.29) is 5.69 Å². The van der Waals surface area contributed by atoms with Gasteiger partial charge >= 0.3 is 5.97 Å². The maximum Gasteiger partial charge on any atom is 0.337 e. The summed E-state index contributed by atoms with van der Waals surface area (Å²) in [6.07, 6.45) is 1.47. The molecule has 0 fully saturated rings. The zero-order valence-electron chi connectivity index (χ0n) is 15.3. The Morgan fingerprint density at radius 2 is 1.86 bits per heavy atom. The minimum Gasteiger partial charge on any atom is -0.496 e. The molecule has 1 heterocycles. The zero-order valence-corrected chi connectivity index (χ0v) is 15.3. The van der Waals surface area contributed by atoms with Crippen LogP contribution in [0.4, 0.5) is 0 Å². The van der Waals surface area contributed by atoms with E-state index in [1.807, 2.05) is 24.3 Å². The molecule has 0 saturated heterocycles. The van der Waals surface area contributed by atoms with E-state index in [2.05, 4.69) is 25.5 Å². The second kappa shape index (κ2) is 8.63. The summed E-state index contributed by atoms with van der Waals surface area (Å²) in [7, 11) is 2.90. The van der Waals surface area contributed by atoms with Crippen LogP contribution in [0.25, 0.3) is 11.3 Å². The van der Waals surface area contributed by atoms with Crippen molar-refractivity contribution in [2.45, 2.75) is 0 Å². The Morgan fingerprint density at radius 3 is 2.57 bits per heavy atom. The summed E-state index contributed by atoms with van der Waals surface area (Å²) in [5, 5.41) is 10.8. The van der Waals surface area contributed by atoms with E-state index >= 15 is 0 Å². The number of para-hydroxylation sites is 1. The molecule has 0 aliphatic heterocycles. The fourth-order valence-corrected chi connectivity index (χ4v) is 2.48. The number of nitrogens with zero attached hydrogens (tertiary/aromatic N) is 2. The number of ether oxygens (including phenoxy) is 2. The topological polar surface area (TPSA) is 106 Å². The first kappa shape index (κ1) is 18.8. The van der Waals surface area contributed by atoms with E-state index < -0.39 is 11.9 Å². The third-order valence-electron chi connectivity index (χ3n) is 3.92. The number of esters is 1. The van der Waals surface area contributed by atoms with Crippen molar-refractivity contribution in [3.63, 3.8) is 0 Å². The van der Waals surface area contributed by atoms with Crippen molar-refractivity contribution in [1.82, 2.24) is 15.6 Å². The van der Waals surface area contributed by atoms with Crippen molar-refractivity contribution >= 4 is 18.1 Å². The Kier molecular flexibility index (Phi) is 5.81. The van der Waals surface area contributed by atoms with Crippen molar-refractivity contribution in [2.75, 3.05) is 14.2 Å². The maximum atomic E-state index is 12.2. The first-order chi connectivity index (χ1) is 13.6. The molecule has 0 saturated carbocycles. The first-order valence-corrected chi connectivity index (χ1v) is 8.33. The predicted octanol–water partition coefficient (Wildman–Crippen LogP) is 2.64. The molecule has 0 spiro atoms. The van der Waals surface area contributed by atoms with Crippen LogP contribution < -0.4 is 10.2 Å². The molecular weight excluding hydrogens is 360 g/mol. The van der Waals surface area contributed by atoms with Gasteiger partial charge in [0.2, 0.25) is 0 Å². The normalized spacial score (nSPS) is 10.6. The van der Waals surface area contributed by atoms with Gasteiger partial charge in [0.05, 0.1) is 31.7 Å². The summed E-state index contributed by atoms with van der Waals surface area (Å²) >= 11 is 0. The summed E-state index contributed by atoms with van der Waals surface area (Å²) in [5.41, 5.74) is 5.20. The number of H-pyrrole nitrogens is 1. The Hall–Kier alpha value is -3.94. The molecule has 2 aromatic carbocycles. The maximum absolute atomic E-state index is 12.2. The molecule has 1 amide bonds. The van der Waals surface area contributed by atoms with Gasteiger partial charge in [0, 0.05) is 5.56 Å². The van der Waals surface area contributed by atoms with E-state index in [4.69, 9.17) is 4.74 Å². The second-order valence-corrected chi connectivity index (χ2v) is 5.68. The molecule has 2 N–H and O–H groups in total. The quantitative estimate of drug-likeness (QED) is 0.390. The Morgan fingerprint density at radius 1 is 1.11 bits per heavy atom. The van der Waals surface area contributed by atoms with Gasteiger partial charge in [0.15, 0.2) is 0 Å². The van der Waals surface area contributed by atoms with Crippen LogP contribution in [0.5, 0.6) is 5.75 Å². The highest BCUT2D eigenvalue weighted by molar-refractivity contribution is 5.94. The van der Waals surface area contributed by atoms with Gasteiger partial charge in [-0.25, -0.2) is 10.2 Å². The number of aromatic amines is 1. The Balaban J connectivity index is 1.65. The Bertz CT molecular complexity index is 1010. The smallest absolute Gasteiger partial charge is 0.337 e. The number of aromatic nitrogens is 2. The predicted molar refractivity (Wildman–Crippen MR) is 103 cm³/mol. The fraction of sp³-hybridized carbons (Fsp3) is 0.100. The molecule has 0 bridgehead atoms. The number of methoxy groups -OCH3 is 2. The van der Waals surface area contributed by atoms with Crippen LogP contribution in [-0.2, 0) is 4.74 Å². The third-order valence-corrected chi connectivity index (χ3v) is 3.92. The number of hydrazone groups is 1. The van der Waals surface area contributed by atoms with Crippen molar-refractivity contribution in [1.29, 1.82) is 0 Å². The lowest BCUT2D eigenvalue weighted by atomic mass is 10.1. The molecule has 1 aromatic heterocycles. The lowest BCUT2D eigenvalue weighted by Crippen LogP contribution is -2.18. The van der Waals surface area contributed by atoms with Gasteiger partial charge in [-0.05, 0) is 35.9 Å². The zero-order chi connectivity index (χ0) is 19.9. The number of rotatable bonds is 6. The van der Waals surface area contributed by atoms with Crippen LogP contribution >= 0.6 is 0 Å². The highest BCUT2D eigenvalue weighted by Gasteiger charge is 2.13. The average Bonchev–Trinajstić information content (AvgIpc) is 3.23. The number of carbonyl (C=O) groups is 2. The monoisotopic (exact) mass is 378 g/mol. The molecule has 0 aliphatic rings. The van der Waals surface area contributed by atoms with Crippen molar-refractivity contribution < 1.29 is 19.1 Å². The Labute approximate surface area is 161 Å². The minimum atomic E-state index is -0.434. The summed E-state index contributed by atoms with van der Waals surface area (Å²) in [6, 6.07) is 15.6. The number of hydrogen-bond acceptors (Lipinski definition) is 6. The van der Waals surface area contributed by atoms with Crippen LogP contribution in [0.1, 0.15) is 26.4 Å². The minimum absolute atomic E-state index is 0.263. The number of hydrogen-bond donors (Lipinski definition) is 2. The van der Waals surface area contributed by atoms with Crippen molar-refractivity contribution in [2.24, 2.45) is 5.10 Å². The highest BCUT2D eigenvalue weighted by Crippen LogP contribution is 2.28. The highest BCUT2D eigenvalue weighted by atomic mass is 16.5. The molecule has 3 aromatic rings. The van der Waals surface area contributed by atoms with Gasteiger partial charge < -0.3 is 9.47 Å². The summed E-state index contributed by atoms with van der Waals surface area (Å²) < 4.78 is 9.95. The largest absolute Gasteiger partial charge is 0.496 e. The summed E-state index contributed by atoms with van der Waals surface area (Å²) in [6.45, 7) is 0. The van der Waals surface area contributed by atoms with Gasteiger partial charge in [0.25, 0.3) is 5.91 Å². The molecule has 142 valence electrons. The van der Waals surface area contributed by atoms with E-state index in [9.17, 15) is 9.59 Å². The SMILES string of the molecule is COC(=O)c1ccc(C=NNC(=O)c2cc(-c3ccccc3OC)n[nH]2)cc1. The van der Waals surface area contributed by atoms with Crippen molar-refractivity contribution in [3.8, 4) is 17.0 Å². The van der Waals surface area contributed by atoms with Gasteiger partial charge in [-0.1, -0.05) is 24.3 Å². The van der Waals surface area contributed by atoms with Gasteiger partial charge in [-0.3, -0.25) is 9.89 Å². The van der Waals surface area contributed by atoms with Gasteiger partial charge in [0.1, 0.15) is 11.4 Å². The molecule has 8 heteroatoms. The van der Waals surface area contributed by atoms with Crippen LogP contribution in [-0.4, -0.2) is 42.5 Å². The molecule has 0 unspecified atom stereocenters. The van der Waals surface area contributed by atoms with Gasteiger partial charge in [-0.15, -0.1) is 0 Å². The third kappa shape index (κ3) is 4.24. The number of benzene rings is 2. The van der Waals surface area contributed by atoms with Gasteiger partial charge in [-0.2, -0.15) is 10.2 Å². The number of nitrogens with one attached hydrogen (secondary N) is 2. The molecule has 0 atom stereocenters. The number of carbonyl (C=O) groups excluding carboxylic acids is 2. The fourth-order valence-electron chi connectivity index (χ4n) is 2.48. The second-order valence-electron chi connectivity index (χ2n) is 5.68. The lowest BCUT2D eigenvalue weighted by molar-refractivity contribution is 0.0600. The molecular formula is C20H18N4O4. The van der Waals surface area contributed by atoms with E-state index in [0.29, 0.717) is 22.6 Å². The van der Waals surface area contributed by atoms with Crippen LogP contribution in [0.2, 0.25) is 0 Å². The van der Waals surface area contributed by atoms with Crippen LogP contribution in [0, 0.1) is 0 Å². The lowest BCUT2D eigenvalue weighted by Gasteiger charge is -2.04. The van der Waals surface area contributed by atoms with Crippen molar-refractivity contribution in [3.05, 3.63) is 71.4 Å². The van der Waals surface area contributed by atoms with E-state index in [1.165, 1.54) is 13.3 Å². The molecule has 0 aliphatic carbocycles. The molecule has 0 radical (unpaired) electrons. The standard InChI is InChI=1S/C20H18N4O4/c1-27-18-6-4-3-5-15(18)16-11-17(23-22-16)19(25)24-21-12-13-7-9-14(10-8-13)20(26)28-2/h3-12H,1-2H3,(H,22,23)(H,24,25). The van der Waals surface area contributed by atoms with Crippen LogP contribution in [0.15, 0.2) is 59.7 Å². The van der Waals surface area contributed by atoms with Crippen LogP contribution in [0.3, 0.4) is 0 Å². The molecule has 8 nitrogen and oxygen atoms in total. The van der Waals surface area contributed by atoms with E-state index in [0.717, 1.165) is 5.56 Å². The summed E-state index contributed by atoms with van der Waals surface area (Å²) in [4.78, 5) is 23.6. The molecule has 28 heavy (non-hydrogen) atoms. The number of amides is 1. The molecule has 3 rings (SSSR count). The summed E-state index contributed by atoms with van der Waals surface area (Å²) in [5.74, 6) is -0.188.